The van der Waals surface area contributed by atoms with E-state index in [4.69, 9.17) is 11.6 Å². The molecule has 1 aliphatic rings. The summed E-state index contributed by atoms with van der Waals surface area (Å²) in [4.78, 5) is 4.43. The largest absolute Gasteiger partial charge is 0.369 e. The van der Waals surface area contributed by atoms with Gasteiger partial charge in [-0.3, -0.25) is 0 Å². The SMILES string of the molecule is CN(c1ccc(Cl)cc1C#N)C1CCCN(c2cccnn2)C1. The standard InChI is InChI=1S/C17H18ClN5/c1-22(16-7-6-14(18)10-13(16)11-19)15-4-3-9-23(12-15)17-5-2-8-20-21-17/h2,5-8,10,15H,3-4,9,12H2,1H3. The van der Waals surface area contributed by atoms with Crippen LogP contribution in [-0.4, -0.2) is 36.4 Å². The molecule has 1 atom stereocenters. The predicted octanol–water partition coefficient (Wildman–Crippen LogP) is 3.11. The Morgan fingerprint density at radius 1 is 1.39 bits per heavy atom. The number of anilines is 2. The van der Waals surface area contributed by atoms with Crippen molar-refractivity contribution in [1.29, 1.82) is 5.26 Å². The van der Waals surface area contributed by atoms with Gasteiger partial charge in [-0.05, 0) is 43.2 Å². The molecule has 2 heterocycles. The van der Waals surface area contributed by atoms with Crippen LogP contribution in [0.15, 0.2) is 36.5 Å². The number of piperidine rings is 1. The number of benzene rings is 1. The molecule has 1 aliphatic heterocycles. The summed E-state index contributed by atoms with van der Waals surface area (Å²) in [5.41, 5.74) is 1.53. The Bertz CT molecular complexity index is 713. The van der Waals surface area contributed by atoms with Crippen LogP contribution >= 0.6 is 11.6 Å². The summed E-state index contributed by atoms with van der Waals surface area (Å²) in [5.74, 6) is 0.905. The Kier molecular flexibility index (Phi) is 4.63. The Morgan fingerprint density at radius 2 is 2.26 bits per heavy atom. The first-order valence-corrected chi connectivity index (χ1v) is 8.02. The lowest BCUT2D eigenvalue weighted by molar-refractivity contribution is 0.484. The lowest BCUT2D eigenvalue weighted by atomic mass is 10.0. The van der Waals surface area contributed by atoms with E-state index < -0.39 is 0 Å². The fourth-order valence-corrected chi connectivity index (χ4v) is 3.22. The first kappa shape index (κ1) is 15.6. The first-order chi connectivity index (χ1) is 11.2. The molecule has 0 N–H and O–H groups in total. The van der Waals surface area contributed by atoms with Gasteiger partial charge in [0, 0.05) is 37.4 Å². The van der Waals surface area contributed by atoms with Crippen molar-refractivity contribution in [2.24, 2.45) is 0 Å². The normalized spacial score (nSPS) is 17.6. The van der Waals surface area contributed by atoms with Gasteiger partial charge in [-0.25, -0.2) is 0 Å². The third-order valence-corrected chi connectivity index (χ3v) is 4.52. The van der Waals surface area contributed by atoms with Crippen LogP contribution in [0.5, 0.6) is 0 Å². The van der Waals surface area contributed by atoms with Crippen LogP contribution in [0.3, 0.4) is 0 Å². The number of likely N-dealkylation sites (N-methyl/N-ethyl adjacent to an activating group) is 1. The average molecular weight is 328 g/mol. The van der Waals surface area contributed by atoms with Gasteiger partial charge in [0.15, 0.2) is 5.82 Å². The maximum Gasteiger partial charge on any atom is 0.151 e. The van der Waals surface area contributed by atoms with Crippen molar-refractivity contribution >= 4 is 23.1 Å². The molecule has 3 rings (SSSR count). The summed E-state index contributed by atoms with van der Waals surface area (Å²) in [6.07, 6.45) is 3.85. The molecule has 1 fully saturated rings. The summed E-state index contributed by atoms with van der Waals surface area (Å²) in [5, 5.41) is 18.1. The van der Waals surface area contributed by atoms with Crippen LogP contribution in [0.25, 0.3) is 0 Å². The molecule has 0 saturated carbocycles. The zero-order chi connectivity index (χ0) is 16.2. The molecule has 118 valence electrons. The summed E-state index contributed by atoms with van der Waals surface area (Å²) in [6.45, 7) is 1.84. The molecular weight excluding hydrogens is 310 g/mol. The van der Waals surface area contributed by atoms with Crippen LogP contribution in [0.1, 0.15) is 18.4 Å². The van der Waals surface area contributed by atoms with Gasteiger partial charge in [0.25, 0.3) is 0 Å². The van der Waals surface area contributed by atoms with Crippen LogP contribution in [0.2, 0.25) is 5.02 Å². The van der Waals surface area contributed by atoms with E-state index in [2.05, 4.69) is 26.1 Å². The highest BCUT2D eigenvalue weighted by Gasteiger charge is 2.25. The van der Waals surface area contributed by atoms with Gasteiger partial charge in [-0.2, -0.15) is 10.4 Å². The van der Waals surface area contributed by atoms with Crippen LogP contribution in [0, 0.1) is 11.3 Å². The van der Waals surface area contributed by atoms with E-state index in [0.29, 0.717) is 16.6 Å². The molecule has 0 amide bonds. The Hall–Kier alpha value is -2.32. The third-order valence-electron chi connectivity index (χ3n) is 4.29. The highest BCUT2D eigenvalue weighted by atomic mass is 35.5. The van der Waals surface area contributed by atoms with E-state index in [0.717, 1.165) is 37.4 Å². The second kappa shape index (κ2) is 6.84. The molecule has 2 aromatic rings. The number of rotatable bonds is 3. The molecule has 0 spiro atoms. The van der Waals surface area contributed by atoms with E-state index in [9.17, 15) is 5.26 Å². The molecule has 1 saturated heterocycles. The summed E-state index contributed by atoms with van der Waals surface area (Å²) < 4.78 is 0. The molecule has 1 unspecified atom stereocenters. The lowest BCUT2D eigenvalue weighted by Crippen LogP contribution is -2.47. The van der Waals surface area contributed by atoms with Crippen molar-refractivity contribution in [3.8, 4) is 6.07 Å². The van der Waals surface area contributed by atoms with Gasteiger partial charge in [-0.1, -0.05) is 11.6 Å². The van der Waals surface area contributed by atoms with Crippen molar-refractivity contribution in [1.82, 2.24) is 10.2 Å². The number of aromatic nitrogens is 2. The van der Waals surface area contributed by atoms with Gasteiger partial charge >= 0.3 is 0 Å². The fraction of sp³-hybridized carbons (Fsp3) is 0.353. The van der Waals surface area contributed by atoms with E-state index in [1.54, 1.807) is 12.3 Å². The van der Waals surface area contributed by atoms with Crippen LogP contribution < -0.4 is 9.80 Å². The second-order valence-electron chi connectivity index (χ2n) is 5.71. The van der Waals surface area contributed by atoms with E-state index in [-0.39, 0.29) is 0 Å². The van der Waals surface area contributed by atoms with Gasteiger partial charge < -0.3 is 9.80 Å². The zero-order valence-corrected chi connectivity index (χ0v) is 13.7. The minimum Gasteiger partial charge on any atom is -0.369 e. The molecule has 0 radical (unpaired) electrons. The molecule has 0 bridgehead atoms. The molecule has 1 aromatic carbocycles. The number of halogens is 1. The number of hydrogen-bond acceptors (Lipinski definition) is 5. The minimum atomic E-state index is 0.319. The monoisotopic (exact) mass is 327 g/mol. The average Bonchev–Trinajstić information content (AvgIpc) is 2.62. The summed E-state index contributed by atoms with van der Waals surface area (Å²) >= 11 is 6.00. The minimum absolute atomic E-state index is 0.319. The van der Waals surface area contributed by atoms with E-state index >= 15 is 0 Å². The van der Waals surface area contributed by atoms with Gasteiger partial charge in [0.2, 0.25) is 0 Å². The molecular formula is C17H18ClN5. The maximum absolute atomic E-state index is 9.36. The quantitative estimate of drug-likeness (QED) is 0.867. The summed E-state index contributed by atoms with van der Waals surface area (Å²) in [6, 6.07) is 11.9. The Balaban J connectivity index is 1.80. The van der Waals surface area contributed by atoms with Gasteiger partial charge in [-0.15, -0.1) is 5.10 Å². The molecule has 6 heteroatoms. The van der Waals surface area contributed by atoms with Crippen molar-refractivity contribution in [2.45, 2.75) is 18.9 Å². The molecule has 1 aromatic heterocycles. The maximum atomic E-state index is 9.36. The van der Waals surface area contributed by atoms with Gasteiger partial charge in [0.1, 0.15) is 6.07 Å². The molecule has 23 heavy (non-hydrogen) atoms. The third kappa shape index (κ3) is 3.38. The molecule has 5 nitrogen and oxygen atoms in total. The molecule has 0 aliphatic carbocycles. The highest BCUT2D eigenvalue weighted by molar-refractivity contribution is 6.30. The van der Waals surface area contributed by atoms with E-state index in [1.165, 1.54) is 0 Å². The number of hydrogen-bond donors (Lipinski definition) is 0. The van der Waals surface area contributed by atoms with Crippen LogP contribution in [-0.2, 0) is 0 Å². The summed E-state index contributed by atoms with van der Waals surface area (Å²) in [7, 11) is 2.04. The van der Waals surface area contributed by atoms with Gasteiger partial charge in [0.05, 0.1) is 11.3 Å². The van der Waals surface area contributed by atoms with Crippen LogP contribution in [0.4, 0.5) is 11.5 Å². The Labute approximate surface area is 141 Å². The topological polar surface area (TPSA) is 56.1 Å². The van der Waals surface area contributed by atoms with Crippen molar-refractivity contribution in [2.75, 3.05) is 29.9 Å². The van der Waals surface area contributed by atoms with Crippen molar-refractivity contribution in [3.05, 3.63) is 47.1 Å². The smallest absolute Gasteiger partial charge is 0.151 e. The highest BCUT2D eigenvalue weighted by Crippen LogP contribution is 2.28. The van der Waals surface area contributed by atoms with Crippen molar-refractivity contribution in [3.63, 3.8) is 0 Å². The van der Waals surface area contributed by atoms with E-state index in [1.807, 2.05) is 31.3 Å². The zero-order valence-electron chi connectivity index (χ0n) is 13.0. The second-order valence-corrected chi connectivity index (χ2v) is 6.14. The number of nitriles is 1. The van der Waals surface area contributed by atoms with Crippen molar-refractivity contribution < 1.29 is 0 Å². The predicted molar refractivity (Wildman–Crippen MR) is 91.8 cm³/mol. The Morgan fingerprint density at radius 3 is 3.00 bits per heavy atom. The first-order valence-electron chi connectivity index (χ1n) is 7.64. The number of nitrogens with zero attached hydrogens (tertiary/aromatic N) is 5. The fourth-order valence-electron chi connectivity index (χ4n) is 3.04. The lowest BCUT2D eigenvalue weighted by Gasteiger charge is -2.39.